The van der Waals surface area contributed by atoms with Gasteiger partial charge in [0.15, 0.2) is 6.29 Å². The van der Waals surface area contributed by atoms with Crippen molar-refractivity contribution in [3.63, 3.8) is 0 Å². The van der Waals surface area contributed by atoms with Crippen LogP contribution in [-0.4, -0.2) is 64.2 Å². The average Bonchev–Trinajstić information content (AvgIpc) is 3.09. The molecule has 1 unspecified atom stereocenters. The molecule has 2 aromatic rings. The first kappa shape index (κ1) is 24.8. The lowest BCUT2D eigenvalue weighted by molar-refractivity contribution is -0.125. The summed E-state index contributed by atoms with van der Waals surface area (Å²) in [5.41, 5.74) is 1.24. The normalized spacial score (nSPS) is 16.8. The lowest BCUT2D eigenvalue weighted by Gasteiger charge is -2.29. The number of sulfonamides is 1. The Labute approximate surface area is 193 Å². The number of hydrogen-bond acceptors (Lipinski definition) is 7. The molecule has 0 saturated carbocycles. The Morgan fingerprint density at radius 3 is 2.18 bits per heavy atom. The number of nitrogens with zero attached hydrogens (tertiary/aromatic N) is 2. The van der Waals surface area contributed by atoms with Crippen molar-refractivity contribution >= 4 is 27.5 Å². The Kier molecular flexibility index (Phi) is 7.85. The maximum Gasteiger partial charge on any atom is 0.252 e. The van der Waals surface area contributed by atoms with Crippen molar-refractivity contribution < 1.29 is 32.2 Å². The molecule has 2 aromatic carbocycles. The molecule has 0 aliphatic carbocycles. The number of anilines is 1. The van der Waals surface area contributed by atoms with Gasteiger partial charge in [-0.25, -0.2) is 13.3 Å². The van der Waals surface area contributed by atoms with E-state index in [0.717, 1.165) is 14.8 Å². The summed E-state index contributed by atoms with van der Waals surface area (Å²) >= 11 is 0. The van der Waals surface area contributed by atoms with Crippen LogP contribution in [0.2, 0.25) is 0 Å². The quantitative estimate of drug-likeness (QED) is 0.383. The van der Waals surface area contributed by atoms with E-state index in [9.17, 15) is 18.0 Å². The van der Waals surface area contributed by atoms with Crippen LogP contribution in [-0.2, 0) is 29.1 Å². The van der Waals surface area contributed by atoms with Crippen LogP contribution in [0.25, 0.3) is 0 Å². The van der Waals surface area contributed by atoms with Crippen molar-refractivity contribution in [2.75, 3.05) is 32.3 Å². The number of hydrogen-bond donors (Lipinski definition) is 0. The monoisotopic (exact) mass is 476 g/mol. The average molecular weight is 477 g/mol. The van der Waals surface area contributed by atoms with Crippen LogP contribution in [0.1, 0.15) is 18.9 Å². The second-order valence-corrected chi connectivity index (χ2v) is 9.39. The minimum atomic E-state index is -4.14. The van der Waals surface area contributed by atoms with Crippen LogP contribution in [0.5, 0.6) is 5.75 Å². The Balaban J connectivity index is 1.97. The molecule has 0 spiro atoms. The van der Waals surface area contributed by atoms with Gasteiger partial charge in [0.2, 0.25) is 15.9 Å². The Morgan fingerprint density at radius 1 is 1.03 bits per heavy atom. The zero-order valence-corrected chi connectivity index (χ0v) is 19.9. The molecule has 10 heteroatoms. The van der Waals surface area contributed by atoms with Gasteiger partial charge in [-0.2, -0.15) is 4.31 Å². The highest BCUT2D eigenvalue weighted by Crippen LogP contribution is 2.30. The minimum absolute atomic E-state index is 0.0128. The van der Waals surface area contributed by atoms with Gasteiger partial charge in [0.1, 0.15) is 11.8 Å². The zero-order chi connectivity index (χ0) is 24.2. The van der Waals surface area contributed by atoms with Gasteiger partial charge >= 0.3 is 0 Å². The van der Waals surface area contributed by atoms with E-state index in [2.05, 4.69) is 0 Å². The summed E-state index contributed by atoms with van der Waals surface area (Å²) in [5.74, 6) is -0.529. The van der Waals surface area contributed by atoms with Crippen molar-refractivity contribution in [2.24, 2.45) is 0 Å². The van der Waals surface area contributed by atoms with Crippen molar-refractivity contribution in [3.8, 4) is 5.75 Å². The van der Waals surface area contributed by atoms with E-state index in [1.54, 1.807) is 36.4 Å². The number of aryl methyl sites for hydroxylation is 1. The number of ether oxygens (including phenoxy) is 3. The highest BCUT2D eigenvalue weighted by Gasteiger charge is 2.47. The van der Waals surface area contributed by atoms with E-state index in [1.165, 1.54) is 26.4 Å². The number of imide groups is 1. The van der Waals surface area contributed by atoms with Crippen LogP contribution in [0.15, 0.2) is 53.4 Å². The SMILES string of the molecule is CCOc1ccc(N2C(=O)CC(N(CC(OC)OC)S(=O)(=O)c3ccc(C)cc3)C2=O)cc1. The second kappa shape index (κ2) is 10.4. The fourth-order valence-corrected chi connectivity index (χ4v) is 5.17. The molecule has 33 heavy (non-hydrogen) atoms. The molecule has 0 radical (unpaired) electrons. The van der Waals surface area contributed by atoms with Gasteiger partial charge < -0.3 is 14.2 Å². The Hall–Kier alpha value is -2.79. The van der Waals surface area contributed by atoms with Gasteiger partial charge in [-0.15, -0.1) is 0 Å². The van der Waals surface area contributed by atoms with E-state index in [0.29, 0.717) is 18.0 Å². The van der Waals surface area contributed by atoms with Gasteiger partial charge in [-0.1, -0.05) is 17.7 Å². The first-order valence-electron chi connectivity index (χ1n) is 10.5. The largest absolute Gasteiger partial charge is 0.494 e. The van der Waals surface area contributed by atoms with E-state index in [4.69, 9.17) is 14.2 Å². The van der Waals surface area contributed by atoms with Crippen molar-refractivity contribution in [1.29, 1.82) is 0 Å². The Bertz CT molecular complexity index is 1080. The third-order valence-electron chi connectivity index (χ3n) is 5.36. The molecule has 1 saturated heterocycles. The summed E-state index contributed by atoms with van der Waals surface area (Å²) in [6.07, 6.45) is -1.22. The van der Waals surface area contributed by atoms with E-state index < -0.39 is 34.2 Å². The molecule has 2 amide bonds. The summed E-state index contributed by atoms with van der Waals surface area (Å²) in [5, 5.41) is 0. The molecular weight excluding hydrogens is 448 g/mol. The molecule has 0 N–H and O–H groups in total. The van der Waals surface area contributed by atoms with E-state index >= 15 is 0 Å². The van der Waals surface area contributed by atoms with Crippen molar-refractivity contribution in [1.82, 2.24) is 4.31 Å². The van der Waals surface area contributed by atoms with Crippen molar-refractivity contribution in [3.05, 3.63) is 54.1 Å². The lowest BCUT2D eigenvalue weighted by atomic mass is 10.2. The molecule has 1 fully saturated rings. The fraction of sp³-hybridized carbons (Fsp3) is 0.391. The van der Waals surface area contributed by atoms with Gasteiger partial charge in [0.25, 0.3) is 5.91 Å². The summed E-state index contributed by atoms with van der Waals surface area (Å²) < 4.78 is 43.8. The number of rotatable bonds is 10. The lowest BCUT2D eigenvalue weighted by Crippen LogP contribution is -2.49. The third-order valence-corrected chi connectivity index (χ3v) is 7.25. The number of carbonyl (C=O) groups excluding carboxylic acids is 2. The standard InChI is InChI=1S/C23H28N2O7S/c1-5-32-18-10-8-17(9-11-18)25-21(26)14-20(23(25)27)24(15-22(30-3)31-4)33(28,29)19-12-6-16(2)7-13-19/h6-13,20,22H,5,14-15H2,1-4H3. The van der Waals surface area contributed by atoms with Crippen LogP contribution in [0.3, 0.4) is 0 Å². The van der Waals surface area contributed by atoms with E-state index in [1.807, 2.05) is 13.8 Å². The number of methoxy groups -OCH3 is 2. The molecule has 0 aromatic heterocycles. The van der Waals surface area contributed by atoms with Crippen LogP contribution >= 0.6 is 0 Å². The number of carbonyl (C=O) groups is 2. The van der Waals surface area contributed by atoms with Crippen molar-refractivity contribution in [2.45, 2.75) is 37.5 Å². The molecule has 1 aliphatic rings. The second-order valence-electron chi connectivity index (χ2n) is 7.50. The highest BCUT2D eigenvalue weighted by molar-refractivity contribution is 7.89. The molecule has 1 heterocycles. The number of amides is 2. The van der Waals surface area contributed by atoms with E-state index in [-0.39, 0.29) is 17.9 Å². The van der Waals surface area contributed by atoms with Gasteiger partial charge in [0.05, 0.1) is 30.2 Å². The molecule has 178 valence electrons. The summed E-state index contributed by atoms with van der Waals surface area (Å²) in [6, 6.07) is 11.5. The van der Waals surface area contributed by atoms with Crippen LogP contribution < -0.4 is 9.64 Å². The zero-order valence-electron chi connectivity index (χ0n) is 19.1. The predicted octanol–water partition coefficient (Wildman–Crippen LogP) is 2.34. The molecule has 1 aliphatic heterocycles. The molecule has 1 atom stereocenters. The minimum Gasteiger partial charge on any atom is -0.494 e. The third kappa shape index (κ3) is 5.25. The highest BCUT2D eigenvalue weighted by atomic mass is 32.2. The topological polar surface area (TPSA) is 102 Å². The Morgan fingerprint density at radius 2 is 1.64 bits per heavy atom. The molecule has 9 nitrogen and oxygen atoms in total. The number of benzene rings is 2. The van der Waals surface area contributed by atoms with Crippen LogP contribution in [0, 0.1) is 6.92 Å². The summed E-state index contributed by atoms with van der Waals surface area (Å²) in [6.45, 7) is 3.91. The van der Waals surface area contributed by atoms with Crippen LogP contribution in [0.4, 0.5) is 5.69 Å². The summed E-state index contributed by atoms with van der Waals surface area (Å²) in [4.78, 5) is 27.2. The molecular formula is C23H28N2O7S. The van der Waals surface area contributed by atoms with Gasteiger partial charge in [0, 0.05) is 14.2 Å². The predicted molar refractivity (Wildman–Crippen MR) is 121 cm³/mol. The first-order chi connectivity index (χ1) is 15.7. The maximum atomic E-state index is 13.5. The summed E-state index contributed by atoms with van der Waals surface area (Å²) in [7, 11) is -1.39. The smallest absolute Gasteiger partial charge is 0.252 e. The fourth-order valence-electron chi connectivity index (χ4n) is 3.60. The van der Waals surface area contributed by atoms with Gasteiger partial charge in [-0.05, 0) is 50.2 Å². The maximum absolute atomic E-state index is 13.5. The molecule has 0 bridgehead atoms. The molecule has 3 rings (SSSR count). The van der Waals surface area contributed by atoms with Gasteiger partial charge in [-0.3, -0.25) is 9.59 Å². The first-order valence-corrected chi connectivity index (χ1v) is 11.9.